The van der Waals surface area contributed by atoms with Gasteiger partial charge < -0.3 is 24.8 Å². The highest BCUT2D eigenvalue weighted by atomic mass is 16.5. The highest BCUT2D eigenvalue weighted by molar-refractivity contribution is 5.76. The molecule has 26 heavy (non-hydrogen) atoms. The van der Waals surface area contributed by atoms with Gasteiger partial charge in [-0.2, -0.15) is 0 Å². The van der Waals surface area contributed by atoms with Gasteiger partial charge >= 0.3 is 6.03 Å². The topological polar surface area (TPSA) is 96.7 Å². The van der Waals surface area contributed by atoms with Gasteiger partial charge in [0.05, 0.1) is 13.7 Å². The molecule has 1 aromatic carbocycles. The fraction of sp³-hybridized carbons (Fsp3) is 0.389. The SMILES string of the molecule is COc1cccc(-c2cc(CNC(=O)N3CC[C@@H](NC(C)=O)C3)on2)c1. The molecule has 1 saturated heterocycles. The second-order valence-corrected chi connectivity index (χ2v) is 6.20. The molecular weight excluding hydrogens is 336 g/mol. The van der Waals surface area contributed by atoms with Crippen LogP contribution in [0, 0.1) is 0 Å². The van der Waals surface area contributed by atoms with Gasteiger partial charge in [0.25, 0.3) is 0 Å². The third-order valence-electron chi connectivity index (χ3n) is 4.22. The zero-order chi connectivity index (χ0) is 18.5. The number of aromatic nitrogens is 1. The first-order chi connectivity index (χ1) is 12.5. The molecule has 8 nitrogen and oxygen atoms in total. The summed E-state index contributed by atoms with van der Waals surface area (Å²) in [4.78, 5) is 25.0. The van der Waals surface area contributed by atoms with Crippen molar-refractivity contribution in [3.05, 3.63) is 36.1 Å². The lowest BCUT2D eigenvalue weighted by Gasteiger charge is -2.17. The van der Waals surface area contributed by atoms with Crippen molar-refractivity contribution in [3.8, 4) is 17.0 Å². The number of nitrogens with zero attached hydrogens (tertiary/aromatic N) is 2. The summed E-state index contributed by atoms with van der Waals surface area (Å²) in [6.07, 6.45) is 0.759. The highest BCUT2D eigenvalue weighted by Gasteiger charge is 2.26. The quantitative estimate of drug-likeness (QED) is 0.849. The van der Waals surface area contributed by atoms with E-state index < -0.39 is 0 Å². The Bertz CT molecular complexity index is 789. The Labute approximate surface area is 151 Å². The van der Waals surface area contributed by atoms with E-state index in [-0.39, 0.29) is 24.5 Å². The number of hydrogen-bond donors (Lipinski definition) is 2. The predicted octanol–water partition coefficient (Wildman–Crippen LogP) is 1.77. The normalized spacial score (nSPS) is 16.4. The highest BCUT2D eigenvalue weighted by Crippen LogP contribution is 2.23. The molecule has 1 atom stereocenters. The number of urea groups is 1. The first-order valence-corrected chi connectivity index (χ1v) is 8.45. The predicted molar refractivity (Wildman–Crippen MR) is 94.5 cm³/mol. The van der Waals surface area contributed by atoms with Crippen LogP contribution in [-0.4, -0.2) is 48.2 Å². The molecule has 3 amide bonds. The fourth-order valence-corrected chi connectivity index (χ4v) is 2.94. The lowest BCUT2D eigenvalue weighted by atomic mass is 10.1. The lowest BCUT2D eigenvalue weighted by molar-refractivity contribution is -0.119. The lowest BCUT2D eigenvalue weighted by Crippen LogP contribution is -2.41. The largest absolute Gasteiger partial charge is 0.497 e. The summed E-state index contributed by atoms with van der Waals surface area (Å²) < 4.78 is 10.5. The van der Waals surface area contributed by atoms with Crippen LogP contribution in [-0.2, 0) is 11.3 Å². The minimum Gasteiger partial charge on any atom is -0.497 e. The van der Waals surface area contributed by atoms with E-state index in [0.29, 0.717) is 24.5 Å². The van der Waals surface area contributed by atoms with Crippen LogP contribution in [0.1, 0.15) is 19.1 Å². The summed E-state index contributed by atoms with van der Waals surface area (Å²) >= 11 is 0. The van der Waals surface area contributed by atoms with Crippen LogP contribution in [0.15, 0.2) is 34.9 Å². The summed E-state index contributed by atoms with van der Waals surface area (Å²) in [7, 11) is 1.61. The molecule has 138 valence electrons. The Morgan fingerprint density at radius 2 is 2.23 bits per heavy atom. The van der Waals surface area contributed by atoms with Gasteiger partial charge in [-0.3, -0.25) is 4.79 Å². The van der Waals surface area contributed by atoms with Crippen molar-refractivity contribution in [2.24, 2.45) is 0 Å². The summed E-state index contributed by atoms with van der Waals surface area (Å²) in [5.74, 6) is 1.22. The van der Waals surface area contributed by atoms with Crippen molar-refractivity contribution in [1.29, 1.82) is 0 Å². The molecule has 0 unspecified atom stereocenters. The maximum atomic E-state index is 12.2. The monoisotopic (exact) mass is 358 g/mol. The molecule has 1 aliphatic heterocycles. The van der Waals surface area contributed by atoms with Crippen LogP contribution in [0.4, 0.5) is 4.79 Å². The van der Waals surface area contributed by atoms with E-state index in [4.69, 9.17) is 9.26 Å². The fourth-order valence-electron chi connectivity index (χ4n) is 2.94. The number of benzene rings is 1. The Balaban J connectivity index is 1.53. The number of carbonyl (C=O) groups excluding carboxylic acids is 2. The Morgan fingerprint density at radius 1 is 1.38 bits per heavy atom. The van der Waals surface area contributed by atoms with Gasteiger partial charge in [-0.05, 0) is 18.6 Å². The molecule has 2 heterocycles. The second kappa shape index (κ2) is 7.90. The Morgan fingerprint density at radius 3 is 3.00 bits per heavy atom. The maximum Gasteiger partial charge on any atom is 0.317 e. The minimum absolute atomic E-state index is 0.0168. The van der Waals surface area contributed by atoms with Gasteiger partial charge in [0.1, 0.15) is 11.4 Å². The second-order valence-electron chi connectivity index (χ2n) is 6.20. The van der Waals surface area contributed by atoms with Crippen molar-refractivity contribution in [1.82, 2.24) is 20.7 Å². The standard InChI is InChI=1S/C18H22N4O4/c1-12(23)20-14-6-7-22(11-14)18(24)19-10-16-9-17(21-26-16)13-4-3-5-15(8-13)25-2/h3-5,8-9,14H,6-7,10-11H2,1-2H3,(H,19,24)(H,20,23)/t14-/m1/s1. The Hall–Kier alpha value is -3.03. The molecule has 0 radical (unpaired) electrons. The molecule has 1 aromatic heterocycles. The summed E-state index contributed by atoms with van der Waals surface area (Å²) in [5.41, 5.74) is 1.56. The maximum absolute atomic E-state index is 12.2. The smallest absolute Gasteiger partial charge is 0.317 e. The molecule has 2 N–H and O–H groups in total. The number of amides is 3. The molecule has 3 rings (SSSR count). The van der Waals surface area contributed by atoms with Gasteiger partial charge in [-0.15, -0.1) is 0 Å². The van der Waals surface area contributed by atoms with Crippen molar-refractivity contribution in [2.75, 3.05) is 20.2 Å². The van der Waals surface area contributed by atoms with Gasteiger partial charge in [0, 0.05) is 37.7 Å². The zero-order valence-corrected chi connectivity index (χ0v) is 14.8. The van der Waals surface area contributed by atoms with Crippen LogP contribution in [0.3, 0.4) is 0 Å². The summed E-state index contributed by atoms with van der Waals surface area (Å²) in [5, 5.41) is 9.69. The van der Waals surface area contributed by atoms with Crippen LogP contribution in [0.25, 0.3) is 11.3 Å². The van der Waals surface area contributed by atoms with Gasteiger partial charge in [0.2, 0.25) is 5.91 Å². The van der Waals surface area contributed by atoms with Crippen molar-refractivity contribution in [2.45, 2.75) is 25.9 Å². The first-order valence-electron chi connectivity index (χ1n) is 8.45. The minimum atomic E-state index is -0.183. The van der Waals surface area contributed by atoms with Crippen LogP contribution < -0.4 is 15.4 Å². The average Bonchev–Trinajstić information content (AvgIpc) is 3.29. The van der Waals surface area contributed by atoms with E-state index >= 15 is 0 Å². The summed E-state index contributed by atoms with van der Waals surface area (Å²) in [6.45, 7) is 2.85. The van der Waals surface area contributed by atoms with Gasteiger partial charge in [0.15, 0.2) is 5.76 Å². The first kappa shape index (κ1) is 17.8. The number of hydrogen-bond acceptors (Lipinski definition) is 5. The number of carbonyl (C=O) groups is 2. The number of methoxy groups -OCH3 is 1. The average molecular weight is 358 g/mol. The molecule has 0 aliphatic carbocycles. The third-order valence-corrected chi connectivity index (χ3v) is 4.22. The molecular formula is C18H22N4O4. The van der Waals surface area contributed by atoms with Crippen molar-refractivity contribution >= 4 is 11.9 Å². The molecule has 0 saturated carbocycles. The molecule has 1 fully saturated rings. The molecule has 0 spiro atoms. The number of likely N-dealkylation sites (tertiary alicyclic amines) is 1. The molecule has 8 heteroatoms. The van der Waals surface area contributed by atoms with Gasteiger partial charge in [-0.1, -0.05) is 17.3 Å². The van der Waals surface area contributed by atoms with Crippen LogP contribution in [0.5, 0.6) is 5.75 Å². The van der Waals surface area contributed by atoms with Crippen molar-refractivity contribution in [3.63, 3.8) is 0 Å². The van der Waals surface area contributed by atoms with E-state index in [1.165, 1.54) is 6.92 Å². The van der Waals surface area contributed by atoms with E-state index in [2.05, 4.69) is 15.8 Å². The number of nitrogens with one attached hydrogen (secondary N) is 2. The van der Waals surface area contributed by atoms with E-state index in [1.54, 1.807) is 18.1 Å². The Kier molecular flexibility index (Phi) is 5.40. The van der Waals surface area contributed by atoms with E-state index in [9.17, 15) is 9.59 Å². The third kappa shape index (κ3) is 4.33. The summed E-state index contributed by atoms with van der Waals surface area (Å²) in [6, 6.07) is 9.14. The van der Waals surface area contributed by atoms with Gasteiger partial charge in [-0.25, -0.2) is 4.79 Å². The molecule has 0 bridgehead atoms. The van der Waals surface area contributed by atoms with Crippen LogP contribution in [0.2, 0.25) is 0 Å². The number of ether oxygens (including phenoxy) is 1. The van der Waals surface area contributed by atoms with Crippen LogP contribution >= 0.6 is 0 Å². The molecule has 2 aromatic rings. The van der Waals surface area contributed by atoms with E-state index in [0.717, 1.165) is 17.7 Å². The molecule has 1 aliphatic rings. The zero-order valence-electron chi connectivity index (χ0n) is 14.8. The number of rotatable bonds is 5. The van der Waals surface area contributed by atoms with E-state index in [1.807, 2.05) is 24.3 Å². The van der Waals surface area contributed by atoms with Crippen molar-refractivity contribution < 1.29 is 18.8 Å².